The summed E-state index contributed by atoms with van der Waals surface area (Å²) in [6, 6.07) is 15.4. The third-order valence-electron chi connectivity index (χ3n) is 3.22. The summed E-state index contributed by atoms with van der Waals surface area (Å²) >= 11 is 0. The summed E-state index contributed by atoms with van der Waals surface area (Å²) in [5.74, 6) is -0.0865. The monoisotopic (exact) mass is 303 g/mol. The minimum absolute atomic E-state index is 0.0865. The number of Topliss-reactive ketones (excluding diaryl/α,β-unsaturated/α-hetero) is 1. The van der Waals surface area contributed by atoms with E-state index in [1.807, 2.05) is 30.3 Å². The first-order valence-electron chi connectivity index (χ1n) is 6.52. The molecule has 21 heavy (non-hydrogen) atoms. The Hall–Kier alpha value is -1.98. The van der Waals surface area contributed by atoms with Crippen LogP contribution in [0.15, 0.2) is 59.5 Å². The minimum Gasteiger partial charge on any atom is -0.295 e. The number of benzene rings is 2. The molecule has 0 amide bonds. The van der Waals surface area contributed by atoms with Gasteiger partial charge in [0.15, 0.2) is 5.78 Å². The van der Waals surface area contributed by atoms with Crippen molar-refractivity contribution in [2.75, 3.05) is 7.05 Å². The van der Waals surface area contributed by atoms with Crippen LogP contribution < -0.4 is 0 Å². The zero-order valence-electron chi connectivity index (χ0n) is 12.0. The molecule has 0 N–H and O–H groups in total. The van der Waals surface area contributed by atoms with Crippen molar-refractivity contribution in [3.05, 3.63) is 65.7 Å². The average Bonchev–Trinajstić information content (AvgIpc) is 2.48. The van der Waals surface area contributed by atoms with Gasteiger partial charge in [-0.15, -0.1) is 0 Å². The number of nitrogens with zero attached hydrogens (tertiary/aromatic N) is 1. The molecule has 0 aromatic heterocycles. The van der Waals surface area contributed by atoms with Crippen LogP contribution in [0.25, 0.3) is 0 Å². The first-order valence-corrected chi connectivity index (χ1v) is 7.96. The molecule has 0 bridgehead atoms. The maximum Gasteiger partial charge on any atom is 0.243 e. The largest absolute Gasteiger partial charge is 0.295 e. The van der Waals surface area contributed by atoms with Crippen LogP contribution in [-0.2, 0) is 16.6 Å². The summed E-state index contributed by atoms with van der Waals surface area (Å²) in [6.45, 7) is 1.75. The fraction of sp³-hybridized carbons (Fsp3) is 0.188. The predicted molar refractivity (Wildman–Crippen MR) is 81.5 cm³/mol. The normalized spacial score (nSPS) is 11.6. The van der Waals surface area contributed by atoms with E-state index in [1.54, 1.807) is 7.05 Å². The van der Waals surface area contributed by atoms with Crippen LogP contribution in [0.3, 0.4) is 0 Å². The molecule has 2 rings (SSSR count). The Morgan fingerprint density at radius 1 is 1.00 bits per heavy atom. The van der Waals surface area contributed by atoms with E-state index in [-0.39, 0.29) is 10.7 Å². The van der Waals surface area contributed by atoms with Gasteiger partial charge in [-0.25, -0.2) is 8.42 Å². The van der Waals surface area contributed by atoms with Crippen LogP contribution in [0.1, 0.15) is 22.8 Å². The van der Waals surface area contributed by atoms with E-state index in [4.69, 9.17) is 0 Å². The van der Waals surface area contributed by atoms with Crippen molar-refractivity contribution in [1.29, 1.82) is 0 Å². The molecule has 110 valence electrons. The average molecular weight is 303 g/mol. The van der Waals surface area contributed by atoms with Gasteiger partial charge in [-0.2, -0.15) is 4.31 Å². The second-order valence-corrected chi connectivity index (χ2v) is 6.87. The number of ketones is 1. The lowest BCUT2D eigenvalue weighted by atomic mass is 10.2. The molecule has 0 spiro atoms. The van der Waals surface area contributed by atoms with Gasteiger partial charge in [-0.3, -0.25) is 4.79 Å². The lowest BCUT2D eigenvalue weighted by Gasteiger charge is -2.17. The van der Waals surface area contributed by atoms with E-state index < -0.39 is 10.0 Å². The standard InChI is InChI=1S/C16H17NO3S/c1-13(18)15-8-10-16(11-9-15)21(19,20)17(2)12-14-6-4-3-5-7-14/h3-11H,12H2,1-2H3. The molecule has 0 saturated carbocycles. The molecule has 4 nitrogen and oxygen atoms in total. The van der Waals surface area contributed by atoms with E-state index in [2.05, 4.69) is 0 Å². The van der Waals surface area contributed by atoms with Gasteiger partial charge in [0.05, 0.1) is 4.90 Å². The number of carbonyl (C=O) groups is 1. The van der Waals surface area contributed by atoms with Crippen LogP contribution in [0.4, 0.5) is 0 Å². The molecule has 2 aromatic carbocycles. The topological polar surface area (TPSA) is 54.5 Å². The predicted octanol–water partition coefficient (Wildman–Crippen LogP) is 2.71. The molecule has 2 aromatic rings. The lowest BCUT2D eigenvalue weighted by Crippen LogP contribution is -2.26. The summed E-state index contributed by atoms with van der Waals surface area (Å²) in [4.78, 5) is 11.4. The Balaban J connectivity index is 2.22. The molecule has 0 aliphatic carbocycles. The Labute approximate surface area is 125 Å². The van der Waals surface area contributed by atoms with Gasteiger partial charge < -0.3 is 0 Å². The Morgan fingerprint density at radius 2 is 1.57 bits per heavy atom. The maximum atomic E-state index is 12.5. The summed E-state index contributed by atoms with van der Waals surface area (Å²) in [6.07, 6.45) is 0. The fourth-order valence-electron chi connectivity index (χ4n) is 1.97. The first kappa shape index (κ1) is 15.4. The van der Waals surface area contributed by atoms with Crippen molar-refractivity contribution in [2.45, 2.75) is 18.4 Å². The fourth-order valence-corrected chi connectivity index (χ4v) is 3.13. The molecule has 0 radical (unpaired) electrons. The lowest BCUT2D eigenvalue weighted by molar-refractivity contribution is 0.101. The second kappa shape index (κ2) is 6.20. The number of hydrogen-bond donors (Lipinski definition) is 0. The summed E-state index contributed by atoms with van der Waals surface area (Å²) in [7, 11) is -2.01. The molecular formula is C16H17NO3S. The zero-order valence-corrected chi connectivity index (χ0v) is 12.8. The van der Waals surface area contributed by atoms with Gasteiger partial charge in [-0.05, 0) is 24.6 Å². The highest BCUT2D eigenvalue weighted by molar-refractivity contribution is 7.89. The van der Waals surface area contributed by atoms with Crippen molar-refractivity contribution in [2.24, 2.45) is 0 Å². The minimum atomic E-state index is -3.56. The van der Waals surface area contributed by atoms with E-state index >= 15 is 0 Å². The third-order valence-corrected chi connectivity index (χ3v) is 5.03. The molecule has 5 heteroatoms. The second-order valence-electron chi connectivity index (χ2n) is 4.83. The smallest absolute Gasteiger partial charge is 0.243 e. The molecule has 0 aliphatic rings. The van der Waals surface area contributed by atoms with Gasteiger partial charge in [0, 0.05) is 19.2 Å². The van der Waals surface area contributed by atoms with Crippen molar-refractivity contribution >= 4 is 15.8 Å². The quantitative estimate of drug-likeness (QED) is 0.798. The van der Waals surface area contributed by atoms with Gasteiger partial charge in [0.1, 0.15) is 0 Å². The van der Waals surface area contributed by atoms with Crippen molar-refractivity contribution in [1.82, 2.24) is 4.31 Å². The molecular weight excluding hydrogens is 286 g/mol. The highest BCUT2D eigenvalue weighted by Gasteiger charge is 2.20. The van der Waals surface area contributed by atoms with E-state index in [0.29, 0.717) is 12.1 Å². The van der Waals surface area contributed by atoms with Gasteiger partial charge >= 0.3 is 0 Å². The number of hydrogen-bond acceptors (Lipinski definition) is 3. The van der Waals surface area contributed by atoms with Crippen molar-refractivity contribution in [3.8, 4) is 0 Å². The zero-order chi connectivity index (χ0) is 15.5. The summed E-state index contributed by atoms with van der Waals surface area (Å²) in [5, 5.41) is 0. The molecule has 0 unspecified atom stereocenters. The van der Waals surface area contributed by atoms with Crippen LogP contribution in [0.5, 0.6) is 0 Å². The van der Waals surface area contributed by atoms with Gasteiger partial charge in [0.25, 0.3) is 0 Å². The highest BCUT2D eigenvalue weighted by Crippen LogP contribution is 2.17. The number of rotatable bonds is 5. The van der Waals surface area contributed by atoms with Crippen LogP contribution in [-0.4, -0.2) is 25.6 Å². The van der Waals surface area contributed by atoms with Crippen molar-refractivity contribution in [3.63, 3.8) is 0 Å². The van der Waals surface area contributed by atoms with E-state index in [9.17, 15) is 13.2 Å². The van der Waals surface area contributed by atoms with Gasteiger partial charge in [-0.1, -0.05) is 42.5 Å². The number of sulfonamides is 1. The van der Waals surface area contributed by atoms with Crippen LogP contribution in [0.2, 0.25) is 0 Å². The maximum absolute atomic E-state index is 12.5. The molecule has 0 atom stereocenters. The van der Waals surface area contributed by atoms with E-state index in [0.717, 1.165) is 5.56 Å². The van der Waals surface area contributed by atoms with Crippen LogP contribution in [0, 0.1) is 0 Å². The van der Waals surface area contributed by atoms with Crippen LogP contribution >= 0.6 is 0 Å². The van der Waals surface area contributed by atoms with Gasteiger partial charge in [0.2, 0.25) is 10.0 Å². The molecule has 0 heterocycles. The summed E-state index contributed by atoms with van der Waals surface area (Å²) in [5.41, 5.74) is 1.42. The highest BCUT2D eigenvalue weighted by atomic mass is 32.2. The first-order chi connectivity index (χ1) is 9.91. The molecule has 0 aliphatic heterocycles. The van der Waals surface area contributed by atoms with Crippen molar-refractivity contribution < 1.29 is 13.2 Å². The Kier molecular flexibility index (Phi) is 4.55. The SMILES string of the molecule is CC(=O)c1ccc(S(=O)(=O)N(C)Cc2ccccc2)cc1. The number of carbonyl (C=O) groups excluding carboxylic acids is 1. The third kappa shape index (κ3) is 3.56. The van der Waals surface area contributed by atoms with E-state index in [1.165, 1.54) is 35.5 Å². The Morgan fingerprint density at radius 3 is 2.10 bits per heavy atom. The molecule has 0 saturated heterocycles. The molecule has 0 fully saturated rings. The summed E-state index contributed by atoms with van der Waals surface area (Å²) < 4.78 is 26.2. The Bertz CT molecular complexity index is 722.